The molecule has 0 saturated heterocycles. The second-order valence-electron chi connectivity index (χ2n) is 5.09. The topological polar surface area (TPSA) is 77.9 Å². The van der Waals surface area contributed by atoms with E-state index < -0.39 is 5.97 Å². The molecular weight excluding hydrogens is 272 g/mol. The van der Waals surface area contributed by atoms with Gasteiger partial charge in [0.2, 0.25) is 11.8 Å². The Labute approximate surface area is 127 Å². The third-order valence-corrected chi connectivity index (χ3v) is 3.65. The van der Waals surface area contributed by atoms with Gasteiger partial charge in [-0.25, -0.2) is 0 Å². The quantitative estimate of drug-likeness (QED) is 0.666. The predicted octanol–water partition coefficient (Wildman–Crippen LogP) is 1.74. The zero-order chi connectivity index (χ0) is 16.4. The van der Waals surface area contributed by atoms with Crippen molar-refractivity contribution in [1.82, 2.24) is 9.80 Å². The summed E-state index contributed by atoms with van der Waals surface area (Å²) in [6, 6.07) is -0.105. The molecular formula is C15H28N2O4. The number of hydrogen-bond donors (Lipinski definition) is 1. The highest BCUT2D eigenvalue weighted by Crippen LogP contribution is 2.09. The highest BCUT2D eigenvalue weighted by Gasteiger charge is 2.21. The van der Waals surface area contributed by atoms with Crippen molar-refractivity contribution in [1.29, 1.82) is 0 Å². The van der Waals surface area contributed by atoms with Crippen LogP contribution in [-0.4, -0.2) is 58.4 Å². The van der Waals surface area contributed by atoms with Crippen molar-refractivity contribution in [3.05, 3.63) is 0 Å². The van der Waals surface area contributed by atoms with E-state index in [-0.39, 0.29) is 30.8 Å². The van der Waals surface area contributed by atoms with Crippen LogP contribution in [0.4, 0.5) is 0 Å². The second-order valence-corrected chi connectivity index (χ2v) is 5.09. The van der Waals surface area contributed by atoms with E-state index in [4.69, 9.17) is 5.11 Å². The average Bonchev–Trinajstić information content (AvgIpc) is 2.44. The van der Waals surface area contributed by atoms with E-state index in [2.05, 4.69) is 0 Å². The molecule has 1 unspecified atom stereocenters. The lowest BCUT2D eigenvalue weighted by molar-refractivity contribution is -0.146. The monoisotopic (exact) mass is 300 g/mol. The van der Waals surface area contributed by atoms with E-state index in [1.54, 1.807) is 4.90 Å². The van der Waals surface area contributed by atoms with Crippen LogP contribution >= 0.6 is 0 Å². The number of rotatable bonds is 10. The van der Waals surface area contributed by atoms with Gasteiger partial charge in [-0.3, -0.25) is 14.4 Å². The molecule has 6 nitrogen and oxygen atoms in total. The summed E-state index contributed by atoms with van der Waals surface area (Å²) in [4.78, 5) is 37.9. The summed E-state index contributed by atoms with van der Waals surface area (Å²) in [6.07, 6.45) is 1.71. The first-order valence-corrected chi connectivity index (χ1v) is 7.66. The lowest BCUT2D eigenvalue weighted by Gasteiger charge is -2.27. The Hall–Kier alpha value is -1.59. The minimum atomic E-state index is -1.01. The molecule has 0 saturated carbocycles. The second kappa shape index (κ2) is 10.2. The zero-order valence-corrected chi connectivity index (χ0v) is 13.6. The molecule has 21 heavy (non-hydrogen) atoms. The smallest absolute Gasteiger partial charge is 0.323 e. The number of amides is 2. The molecule has 0 aliphatic carbocycles. The van der Waals surface area contributed by atoms with E-state index >= 15 is 0 Å². The van der Waals surface area contributed by atoms with Crippen molar-refractivity contribution in [3.8, 4) is 0 Å². The lowest BCUT2D eigenvalue weighted by Crippen LogP contribution is -2.41. The molecule has 0 bridgehead atoms. The van der Waals surface area contributed by atoms with E-state index in [0.717, 1.165) is 0 Å². The van der Waals surface area contributed by atoms with Gasteiger partial charge in [0.15, 0.2) is 0 Å². The SMILES string of the molecule is CCC(C)N(CC(=O)O)C(=O)CCCC(=O)N(CC)CC. The maximum Gasteiger partial charge on any atom is 0.323 e. The van der Waals surface area contributed by atoms with Gasteiger partial charge < -0.3 is 14.9 Å². The molecule has 6 heteroatoms. The lowest BCUT2D eigenvalue weighted by atomic mass is 10.1. The summed E-state index contributed by atoms with van der Waals surface area (Å²) < 4.78 is 0. The Morgan fingerprint density at radius 3 is 1.95 bits per heavy atom. The fraction of sp³-hybridized carbons (Fsp3) is 0.800. The van der Waals surface area contributed by atoms with Gasteiger partial charge in [0.25, 0.3) is 0 Å². The van der Waals surface area contributed by atoms with Crippen molar-refractivity contribution in [2.75, 3.05) is 19.6 Å². The summed E-state index contributed by atoms with van der Waals surface area (Å²) in [6.45, 7) is 8.65. The molecule has 122 valence electrons. The number of aliphatic carboxylic acids is 1. The number of carbonyl (C=O) groups is 3. The van der Waals surface area contributed by atoms with Gasteiger partial charge in [-0.1, -0.05) is 6.92 Å². The van der Waals surface area contributed by atoms with Crippen molar-refractivity contribution >= 4 is 17.8 Å². The molecule has 0 radical (unpaired) electrons. The van der Waals surface area contributed by atoms with Gasteiger partial charge in [0.05, 0.1) is 0 Å². The summed E-state index contributed by atoms with van der Waals surface area (Å²) >= 11 is 0. The Bertz CT molecular complexity index is 354. The molecule has 0 aromatic heterocycles. The summed E-state index contributed by atoms with van der Waals surface area (Å²) in [5, 5.41) is 8.87. The molecule has 2 amide bonds. The highest BCUT2D eigenvalue weighted by atomic mass is 16.4. The molecule has 1 N–H and O–H groups in total. The summed E-state index contributed by atoms with van der Waals surface area (Å²) in [5.74, 6) is -1.16. The first-order valence-electron chi connectivity index (χ1n) is 7.66. The Kier molecular flexibility index (Phi) is 9.41. The number of carboxylic acid groups (broad SMARTS) is 1. The Morgan fingerprint density at radius 2 is 1.52 bits per heavy atom. The molecule has 0 spiro atoms. The van der Waals surface area contributed by atoms with Gasteiger partial charge in [-0.15, -0.1) is 0 Å². The fourth-order valence-corrected chi connectivity index (χ4v) is 2.12. The van der Waals surface area contributed by atoms with Crippen LogP contribution in [0.5, 0.6) is 0 Å². The molecule has 1 atom stereocenters. The van der Waals surface area contributed by atoms with E-state index in [1.807, 2.05) is 27.7 Å². The number of carbonyl (C=O) groups excluding carboxylic acids is 2. The molecule has 0 aliphatic heterocycles. The molecule has 0 aliphatic rings. The minimum Gasteiger partial charge on any atom is -0.480 e. The van der Waals surface area contributed by atoms with Crippen LogP contribution in [0.2, 0.25) is 0 Å². The van der Waals surface area contributed by atoms with Crippen molar-refractivity contribution in [2.45, 2.75) is 59.4 Å². The molecule has 0 aromatic carbocycles. The van der Waals surface area contributed by atoms with Gasteiger partial charge in [0.1, 0.15) is 6.54 Å². The normalized spacial score (nSPS) is 11.8. The fourth-order valence-electron chi connectivity index (χ4n) is 2.12. The van der Waals surface area contributed by atoms with Crippen LogP contribution < -0.4 is 0 Å². The molecule has 0 fully saturated rings. The highest BCUT2D eigenvalue weighted by molar-refractivity contribution is 5.82. The molecule has 0 rings (SSSR count). The third kappa shape index (κ3) is 7.11. The van der Waals surface area contributed by atoms with Crippen LogP contribution in [0.3, 0.4) is 0 Å². The van der Waals surface area contributed by atoms with E-state index in [9.17, 15) is 14.4 Å². The van der Waals surface area contributed by atoms with Gasteiger partial charge in [-0.05, 0) is 33.6 Å². The zero-order valence-electron chi connectivity index (χ0n) is 13.6. The molecule has 0 aromatic rings. The van der Waals surface area contributed by atoms with Crippen molar-refractivity contribution in [2.24, 2.45) is 0 Å². The van der Waals surface area contributed by atoms with Crippen molar-refractivity contribution in [3.63, 3.8) is 0 Å². The standard InChI is InChI=1S/C15H28N2O4/c1-5-12(4)17(11-15(20)21)14(19)10-8-9-13(18)16(6-2)7-3/h12H,5-11H2,1-4H3,(H,20,21). The number of carboxylic acids is 1. The Balaban J connectivity index is 4.37. The van der Waals surface area contributed by atoms with Gasteiger partial charge in [-0.2, -0.15) is 0 Å². The number of hydrogen-bond acceptors (Lipinski definition) is 3. The van der Waals surface area contributed by atoms with Crippen LogP contribution in [-0.2, 0) is 14.4 Å². The van der Waals surface area contributed by atoms with Gasteiger partial charge in [0, 0.05) is 32.0 Å². The van der Waals surface area contributed by atoms with Crippen LogP contribution in [0.15, 0.2) is 0 Å². The van der Waals surface area contributed by atoms with Crippen molar-refractivity contribution < 1.29 is 19.5 Å². The third-order valence-electron chi connectivity index (χ3n) is 3.65. The van der Waals surface area contributed by atoms with Gasteiger partial charge >= 0.3 is 5.97 Å². The van der Waals surface area contributed by atoms with Crippen LogP contribution in [0, 0.1) is 0 Å². The molecule has 0 heterocycles. The number of nitrogens with zero attached hydrogens (tertiary/aromatic N) is 2. The first kappa shape index (κ1) is 19.4. The largest absolute Gasteiger partial charge is 0.480 e. The van der Waals surface area contributed by atoms with Crippen LogP contribution in [0.1, 0.15) is 53.4 Å². The Morgan fingerprint density at radius 1 is 1.00 bits per heavy atom. The van der Waals surface area contributed by atoms with Crippen LogP contribution in [0.25, 0.3) is 0 Å². The maximum atomic E-state index is 12.1. The maximum absolute atomic E-state index is 12.1. The predicted molar refractivity (Wildman–Crippen MR) is 80.9 cm³/mol. The summed E-state index contributed by atoms with van der Waals surface area (Å²) in [7, 11) is 0. The minimum absolute atomic E-state index is 0.0427. The first-order chi connectivity index (χ1) is 9.87. The van der Waals surface area contributed by atoms with E-state index in [0.29, 0.717) is 32.4 Å². The van der Waals surface area contributed by atoms with E-state index in [1.165, 1.54) is 4.90 Å². The average molecular weight is 300 g/mol. The summed E-state index contributed by atoms with van der Waals surface area (Å²) in [5.41, 5.74) is 0.